The number of fused-ring (bicyclic) bond motifs is 1. The third-order valence-electron chi connectivity index (χ3n) is 2.89. The van der Waals surface area contributed by atoms with Crippen LogP contribution in [0.5, 0.6) is 0 Å². The minimum Gasteiger partial charge on any atom is -0.329 e. The second-order valence-corrected chi connectivity index (χ2v) is 4.75. The van der Waals surface area contributed by atoms with Gasteiger partial charge in [-0.3, -0.25) is 4.57 Å². The van der Waals surface area contributed by atoms with E-state index in [4.69, 9.17) is 12.2 Å². The molecule has 102 valence electrons. The number of hydrogen-bond acceptors (Lipinski definition) is 2. The van der Waals surface area contributed by atoms with E-state index in [9.17, 15) is 13.2 Å². The number of halogens is 3. The maximum absolute atomic E-state index is 13.9. The Morgan fingerprint density at radius 2 is 1.80 bits per heavy atom. The van der Waals surface area contributed by atoms with E-state index in [0.29, 0.717) is 17.2 Å². The molecule has 1 aromatic carbocycles. The smallest absolute Gasteiger partial charge is 0.184 e. The maximum Gasteiger partial charge on any atom is 0.184 e. The number of aromatic amines is 1. The van der Waals surface area contributed by atoms with Crippen molar-refractivity contribution in [2.24, 2.45) is 0 Å². The lowest BCUT2D eigenvalue weighted by Gasteiger charge is -2.06. The van der Waals surface area contributed by atoms with E-state index in [1.54, 1.807) is 12.3 Å². The van der Waals surface area contributed by atoms with Gasteiger partial charge in [-0.1, -0.05) is 0 Å². The number of H-pyrrole nitrogens is 1. The number of rotatable bonds is 1. The zero-order valence-electron chi connectivity index (χ0n) is 10.2. The highest BCUT2D eigenvalue weighted by Crippen LogP contribution is 2.23. The molecule has 2 heterocycles. The lowest BCUT2D eigenvalue weighted by Crippen LogP contribution is -2.01. The fourth-order valence-corrected chi connectivity index (χ4v) is 2.30. The van der Waals surface area contributed by atoms with Crippen molar-refractivity contribution in [3.05, 3.63) is 52.2 Å². The highest BCUT2D eigenvalue weighted by molar-refractivity contribution is 7.71. The number of benzene rings is 1. The first-order valence-electron chi connectivity index (χ1n) is 5.69. The van der Waals surface area contributed by atoms with Crippen LogP contribution in [0.3, 0.4) is 0 Å². The van der Waals surface area contributed by atoms with E-state index in [0.717, 1.165) is 11.6 Å². The van der Waals surface area contributed by atoms with Gasteiger partial charge in [-0.2, -0.15) is 0 Å². The zero-order valence-corrected chi connectivity index (χ0v) is 11.1. The molecule has 0 spiro atoms. The summed E-state index contributed by atoms with van der Waals surface area (Å²) in [5, 5.41) is 0. The molecule has 20 heavy (non-hydrogen) atoms. The Morgan fingerprint density at radius 3 is 2.55 bits per heavy atom. The van der Waals surface area contributed by atoms with Gasteiger partial charge in [0, 0.05) is 18.3 Å². The van der Waals surface area contributed by atoms with Crippen LogP contribution in [0.15, 0.2) is 24.4 Å². The Balaban J connectivity index is 2.38. The van der Waals surface area contributed by atoms with Gasteiger partial charge < -0.3 is 4.98 Å². The van der Waals surface area contributed by atoms with Gasteiger partial charge in [0.1, 0.15) is 5.82 Å². The molecule has 1 N–H and O–H groups in total. The molecule has 0 saturated heterocycles. The number of nitrogens with zero attached hydrogens (tertiary/aromatic N) is 2. The van der Waals surface area contributed by atoms with Crippen molar-refractivity contribution in [3.63, 3.8) is 0 Å². The van der Waals surface area contributed by atoms with Crippen molar-refractivity contribution in [1.82, 2.24) is 14.5 Å². The van der Waals surface area contributed by atoms with Gasteiger partial charge in [-0.25, -0.2) is 18.2 Å². The first-order valence-corrected chi connectivity index (χ1v) is 6.10. The molecule has 0 unspecified atom stereocenters. The van der Waals surface area contributed by atoms with E-state index in [2.05, 4.69) is 9.97 Å². The van der Waals surface area contributed by atoms with Crippen molar-refractivity contribution in [3.8, 4) is 5.69 Å². The van der Waals surface area contributed by atoms with Crippen LogP contribution < -0.4 is 0 Å². The summed E-state index contributed by atoms with van der Waals surface area (Å²) >= 11 is 5.10. The molecule has 0 atom stereocenters. The topological polar surface area (TPSA) is 33.6 Å². The van der Waals surface area contributed by atoms with Crippen molar-refractivity contribution >= 4 is 23.4 Å². The van der Waals surface area contributed by atoms with Crippen molar-refractivity contribution < 1.29 is 13.2 Å². The van der Waals surface area contributed by atoms with Gasteiger partial charge in [-0.05, 0) is 30.8 Å². The van der Waals surface area contributed by atoms with E-state index >= 15 is 0 Å². The molecule has 7 heteroatoms. The molecule has 0 amide bonds. The van der Waals surface area contributed by atoms with Crippen LogP contribution in [0.1, 0.15) is 5.56 Å². The average molecular weight is 295 g/mol. The number of imidazole rings is 1. The van der Waals surface area contributed by atoms with E-state index in [1.807, 2.05) is 6.92 Å². The first-order chi connectivity index (χ1) is 9.47. The fourth-order valence-electron chi connectivity index (χ4n) is 2.01. The molecule has 0 radical (unpaired) electrons. The molecule has 0 aliphatic rings. The summed E-state index contributed by atoms with van der Waals surface area (Å²) in [5.74, 6) is -3.31. The summed E-state index contributed by atoms with van der Waals surface area (Å²) in [4.78, 5) is 7.01. The highest BCUT2D eigenvalue weighted by Gasteiger charge is 2.15. The molecule has 0 aliphatic heterocycles. The number of hydrogen-bond donors (Lipinski definition) is 1. The Labute approximate surface area is 116 Å². The molecule has 3 rings (SSSR count). The summed E-state index contributed by atoms with van der Waals surface area (Å²) in [5.41, 5.74) is 1.66. The second kappa shape index (κ2) is 4.45. The van der Waals surface area contributed by atoms with Crippen LogP contribution >= 0.6 is 12.2 Å². The predicted molar refractivity (Wildman–Crippen MR) is 70.9 cm³/mol. The number of aryl methyl sites for hydroxylation is 1. The largest absolute Gasteiger partial charge is 0.329 e. The summed E-state index contributed by atoms with van der Waals surface area (Å²) in [6.45, 7) is 1.85. The minimum atomic E-state index is -1.25. The number of pyridine rings is 1. The summed E-state index contributed by atoms with van der Waals surface area (Å²) < 4.78 is 41.6. The van der Waals surface area contributed by atoms with Gasteiger partial charge in [0.15, 0.2) is 22.1 Å². The quantitative estimate of drug-likeness (QED) is 0.547. The highest BCUT2D eigenvalue weighted by atomic mass is 32.1. The van der Waals surface area contributed by atoms with Gasteiger partial charge in [0.2, 0.25) is 0 Å². The van der Waals surface area contributed by atoms with E-state index < -0.39 is 17.5 Å². The third-order valence-corrected chi connectivity index (χ3v) is 3.18. The number of nitrogens with one attached hydrogen (secondary N) is 1. The number of aromatic nitrogens is 3. The molecule has 0 aliphatic carbocycles. The molecular formula is C13H8F3N3S. The monoisotopic (exact) mass is 295 g/mol. The zero-order chi connectivity index (χ0) is 14.4. The Bertz CT molecular complexity index is 882. The van der Waals surface area contributed by atoms with Crippen LogP contribution in [-0.4, -0.2) is 14.5 Å². The lowest BCUT2D eigenvalue weighted by atomic mass is 10.2. The first kappa shape index (κ1) is 12.9. The van der Waals surface area contributed by atoms with Crippen LogP contribution in [-0.2, 0) is 0 Å². The lowest BCUT2D eigenvalue weighted by molar-refractivity contribution is 0.493. The van der Waals surface area contributed by atoms with Crippen LogP contribution in [0, 0.1) is 29.1 Å². The van der Waals surface area contributed by atoms with Crippen LogP contribution in [0.2, 0.25) is 0 Å². The Hall–Kier alpha value is -2.15. The van der Waals surface area contributed by atoms with Crippen molar-refractivity contribution in [1.29, 1.82) is 0 Å². The molecule has 2 aromatic heterocycles. The third kappa shape index (κ3) is 1.90. The Kier molecular flexibility index (Phi) is 2.86. The second-order valence-electron chi connectivity index (χ2n) is 4.37. The average Bonchev–Trinajstić information content (AvgIpc) is 2.69. The van der Waals surface area contributed by atoms with Gasteiger partial charge in [0.05, 0.1) is 11.2 Å². The van der Waals surface area contributed by atoms with Gasteiger partial charge in [-0.15, -0.1) is 0 Å². The maximum atomic E-state index is 13.9. The molecule has 3 nitrogen and oxygen atoms in total. The summed E-state index contributed by atoms with van der Waals surface area (Å²) in [7, 11) is 0. The standard InChI is InChI=1S/C13H8F3N3S/c1-6-2-10-12(17-5-6)19(13(20)18-10)11-4-8(15)7(14)3-9(11)16/h2-5H,1H3,(H,18,20). The fraction of sp³-hybridized carbons (Fsp3) is 0.0769. The summed E-state index contributed by atoms with van der Waals surface area (Å²) in [6, 6.07) is 3.03. The van der Waals surface area contributed by atoms with Gasteiger partial charge in [0.25, 0.3) is 0 Å². The van der Waals surface area contributed by atoms with E-state index in [-0.39, 0.29) is 10.5 Å². The van der Waals surface area contributed by atoms with E-state index in [1.165, 1.54) is 4.57 Å². The Morgan fingerprint density at radius 1 is 1.10 bits per heavy atom. The van der Waals surface area contributed by atoms with Crippen molar-refractivity contribution in [2.75, 3.05) is 0 Å². The molecule has 0 saturated carbocycles. The molecule has 0 bridgehead atoms. The normalized spacial score (nSPS) is 11.2. The SMILES string of the molecule is Cc1cnc2c(c1)[nH]c(=S)n2-c1cc(F)c(F)cc1F. The van der Waals surface area contributed by atoms with Crippen molar-refractivity contribution in [2.45, 2.75) is 6.92 Å². The summed E-state index contributed by atoms with van der Waals surface area (Å²) in [6.07, 6.45) is 1.58. The predicted octanol–water partition coefficient (Wildman–Crippen LogP) is 3.81. The van der Waals surface area contributed by atoms with Gasteiger partial charge >= 0.3 is 0 Å². The minimum absolute atomic E-state index is 0.156. The van der Waals surface area contributed by atoms with Crippen LogP contribution in [0.25, 0.3) is 16.9 Å². The molecule has 3 aromatic rings. The molecule has 0 fully saturated rings. The van der Waals surface area contributed by atoms with Crippen LogP contribution in [0.4, 0.5) is 13.2 Å². The molecular weight excluding hydrogens is 287 g/mol.